The summed E-state index contributed by atoms with van der Waals surface area (Å²) in [4.78, 5) is 18.1. The topological polar surface area (TPSA) is 79.4 Å². The zero-order chi connectivity index (χ0) is 25.4. The molecule has 5 rings (SSSR count). The summed E-state index contributed by atoms with van der Waals surface area (Å²) in [5.74, 6) is 1.96. The molecule has 3 aromatic carbocycles. The molecular formula is C29H27N3O4. The van der Waals surface area contributed by atoms with Gasteiger partial charge in [0.05, 0.1) is 18.8 Å². The van der Waals surface area contributed by atoms with Crippen molar-refractivity contribution in [2.45, 2.75) is 33.8 Å². The van der Waals surface area contributed by atoms with E-state index in [-0.39, 0.29) is 11.7 Å². The van der Waals surface area contributed by atoms with Crippen molar-refractivity contribution in [3.63, 3.8) is 0 Å². The van der Waals surface area contributed by atoms with Gasteiger partial charge < -0.3 is 14.0 Å². The molecule has 0 radical (unpaired) electrons. The Balaban J connectivity index is 1.63. The maximum absolute atomic E-state index is 13.4. The van der Waals surface area contributed by atoms with Gasteiger partial charge in [-0.1, -0.05) is 29.4 Å². The van der Waals surface area contributed by atoms with Gasteiger partial charge in [0.2, 0.25) is 5.82 Å². The highest BCUT2D eigenvalue weighted by atomic mass is 16.5. The quantitative estimate of drug-likeness (QED) is 0.291. The van der Waals surface area contributed by atoms with E-state index in [0.717, 1.165) is 27.8 Å². The Morgan fingerprint density at radius 2 is 1.69 bits per heavy atom. The van der Waals surface area contributed by atoms with Crippen LogP contribution in [0.5, 0.6) is 11.5 Å². The molecular weight excluding hydrogens is 454 g/mol. The summed E-state index contributed by atoms with van der Waals surface area (Å²) in [6.45, 7) is 7.99. The number of hydrogen-bond acceptors (Lipinski definition) is 6. The van der Waals surface area contributed by atoms with E-state index in [1.54, 1.807) is 17.9 Å². The summed E-state index contributed by atoms with van der Waals surface area (Å²) in [6, 6.07) is 18.9. The van der Waals surface area contributed by atoms with Gasteiger partial charge in [-0.2, -0.15) is 4.98 Å². The fraction of sp³-hybridized carbons (Fsp3) is 0.207. The Labute approximate surface area is 208 Å². The Bertz CT molecular complexity index is 1630. The number of pyridine rings is 1. The van der Waals surface area contributed by atoms with Gasteiger partial charge in [0.25, 0.3) is 11.4 Å². The van der Waals surface area contributed by atoms with Crippen molar-refractivity contribution < 1.29 is 14.0 Å². The van der Waals surface area contributed by atoms with Gasteiger partial charge in [-0.3, -0.25) is 9.36 Å². The van der Waals surface area contributed by atoms with Crippen molar-refractivity contribution in [1.29, 1.82) is 0 Å². The second-order valence-electron chi connectivity index (χ2n) is 8.99. The van der Waals surface area contributed by atoms with Gasteiger partial charge in [-0.25, -0.2) is 0 Å². The molecule has 0 aliphatic heterocycles. The molecule has 0 N–H and O–H groups in total. The van der Waals surface area contributed by atoms with Crippen LogP contribution >= 0.6 is 0 Å². The van der Waals surface area contributed by atoms with Crippen LogP contribution in [0.15, 0.2) is 76.2 Å². The second kappa shape index (κ2) is 9.34. The lowest BCUT2D eigenvalue weighted by Crippen LogP contribution is -2.18. The van der Waals surface area contributed by atoms with Crippen molar-refractivity contribution in [2.75, 3.05) is 7.11 Å². The number of rotatable bonds is 6. The van der Waals surface area contributed by atoms with Crippen LogP contribution < -0.4 is 15.0 Å². The lowest BCUT2D eigenvalue weighted by atomic mass is 10.1. The summed E-state index contributed by atoms with van der Waals surface area (Å²) < 4.78 is 18.7. The Kier molecular flexibility index (Phi) is 6.06. The van der Waals surface area contributed by atoms with E-state index in [2.05, 4.69) is 10.1 Å². The molecule has 0 atom stereocenters. The van der Waals surface area contributed by atoms with Gasteiger partial charge in [0.1, 0.15) is 0 Å². The van der Waals surface area contributed by atoms with Crippen LogP contribution in [0.2, 0.25) is 0 Å². The Morgan fingerprint density at radius 1 is 0.917 bits per heavy atom. The molecule has 0 saturated heterocycles. The molecule has 0 bridgehead atoms. The minimum absolute atomic E-state index is 0.0165. The van der Waals surface area contributed by atoms with Gasteiger partial charge in [-0.05, 0) is 75.2 Å². The molecule has 0 aliphatic carbocycles. The summed E-state index contributed by atoms with van der Waals surface area (Å²) >= 11 is 0. The average Bonchev–Trinajstić information content (AvgIpc) is 3.36. The highest BCUT2D eigenvalue weighted by Crippen LogP contribution is 2.34. The SMILES string of the molecule is COc1cc(-c2noc(-c3cn(-c4ccc(C)c(C)c4)c(=O)c4ccccc34)n2)ccc1OC(C)C. The maximum Gasteiger partial charge on any atom is 0.262 e. The summed E-state index contributed by atoms with van der Waals surface area (Å²) in [6.07, 6.45) is 1.79. The van der Waals surface area contributed by atoms with E-state index < -0.39 is 0 Å². The molecule has 2 heterocycles. The van der Waals surface area contributed by atoms with E-state index >= 15 is 0 Å². The molecule has 0 aliphatic rings. The summed E-state index contributed by atoms with van der Waals surface area (Å²) in [7, 11) is 1.59. The Morgan fingerprint density at radius 3 is 2.42 bits per heavy atom. The lowest BCUT2D eigenvalue weighted by molar-refractivity contribution is 0.230. The molecule has 5 aromatic rings. The number of fused-ring (bicyclic) bond motifs is 1. The zero-order valence-corrected chi connectivity index (χ0v) is 20.9. The molecule has 182 valence electrons. The number of methoxy groups -OCH3 is 1. The number of nitrogens with zero attached hydrogens (tertiary/aromatic N) is 3. The zero-order valence-electron chi connectivity index (χ0n) is 20.9. The molecule has 0 saturated carbocycles. The Hall–Kier alpha value is -4.39. The first-order chi connectivity index (χ1) is 17.4. The first kappa shape index (κ1) is 23.4. The number of benzene rings is 3. The number of aryl methyl sites for hydroxylation is 2. The van der Waals surface area contributed by atoms with Crippen molar-refractivity contribution in [2.24, 2.45) is 0 Å². The smallest absolute Gasteiger partial charge is 0.262 e. The second-order valence-corrected chi connectivity index (χ2v) is 8.99. The molecule has 0 amide bonds. The first-order valence-corrected chi connectivity index (χ1v) is 11.8. The van der Waals surface area contributed by atoms with E-state index in [9.17, 15) is 4.79 Å². The van der Waals surface area contributed by atoms with Crippen LogP contribution in [-0.2, 0) is 0 Å². The van der Waals surface area contributed by atoms with Crippen molar-refractivity contribution in [3.8, 4) is 40.0 Å². The fourth-order valence-corrected chi connectivity index (χ4v) is 4.14. The van der Waals surface area contributed by atoms with Crippen LogP contribution in [0.4, 0.5) is 0 Å². The number of ether oxygens (including phenoxy) is 2. The van der Waals surface area contributed by atoms with Crippen LogP contribution in [-0.4, -0.2) is 27.9 Å². The number of hydrogen-bond donors (Lipinski definition) is 0. The van der Waals surface area contributed by atoms with Crippen molar-refractivity contribution in [1.82, 2.24) is 14.7 Å². The third kappa shape index (κ3) is 4.24. The monoisotopic (exact) mass is 481 g/mol. The van der Waals surface area contributed by atoms with E-state index in [1.165, 1.54) is 0 Å². The summed E-state index contributed by atoms with van der Waals surface area (Å²) in [5.41, 5.74) is 4.34. The normalized spacial score (nSPS) is 11.3. The molecule has 0 spiro atoms. The van der Waals surface area contributed by atoms with Gasteiger partial charge in [0, 0.05) is 28.2 Å². The van der Waals surface area contributed by atoms with Crippen LogP contribution in [0.25, 0.3) is 39.3 Å². The van der Waals surface area contributed by atoms with Gasteiger partial charge >= 0.3 is 0 Å². The molecule has 0 unspecified atom stereocenters. The van der Waals surface area contributed by atoms with E-state index in [4.69, 9.17) is 14.0 Å². The maximum atomic E-state index is 13.4. The molecule has 2 aromatic heterocycles. The highest BCUT2D eigenvalue weighted by molar-refractivity contribution is 5.94. The first-order valence-electron chi connectivity index (χ1n) is 11.8. The predicted molar refractivity (Wildman–Crippen MR) is 140 cm³/mol. The third-order valence-electron chi connectivity index (χ3n) is 6.13. The third-order valence-corrected chi connectivity index (χ3v) is 6.13. The lowest BCUT2D eigenvalue weighted by Gasteiger charge is -2.13. The van der Waals surface area contributed by atoms with Crippen molar-refractivity contribution >= 4 is 10.8 Å². The largest absolute Gasteiger partial charge is 0.493 e. The fourth-order valence-electron chi connectivity index (χ4n) is 4.14. The van der Waals surface area contributed by atoms with E-state index in [1.807, 2.05) is 88.4 Å². The molecule has 7 nitrogen and oxygen atoms in total. The summed E-state index contributed by atoms with van der Waals surface area (Å²) in [5, 5.41) is 5.54. The van der Waals surface area contributed by atoms with Crippen molar-refractivity contribution in [3.05, 3.63) is 88.3 Å². The van der Waals surface area contributed by atoms with Gasteiger partial charge in [-0.15, -0.1) is 0 Å². The van der Waals surface area contributed by atoms with Crippen LogP contribution in [0.1, 0.15) is 25.0 Å². The minimum atomic E-state index is -0.109. The molecule has 36 heavy (non-hydrogen) atoms. The average molecular weight is 482 g/mol. The minimum Gasteiger partial charge on any atom is -0.493 e. The van der Waals surface area contributed by atoms with E-state index in [0.29, 0.717) is 34.2 Å². The molecule has 0 fully saturated rings. The predicted octanol–water partition coefficient (Wildman–Crippen LogP) is 6.12. The van der Waals surface area contributed by atoms with Crippen LogP contribution in [0, 0.1) is 13.8 Å². The number of aromatic nitrogens is 3. The van der Waals surface area contributed by atoms with Crippen LogP contribution in [0.3, 0.4) is 0 Å². The highest BCUT2D eigenvalue weighted by Gasteiger charge is 2.18. The molecule has 7 heteroatoms. The standard InChI is InChI=1S/C29H27N3O4/c1-17(2)35-25-13-11-20(15-26(25)34-5)27-30-28(36-31-27)24-16-32(21-12-10-18(3)19(4)14-21)29(33)23-9-7-6-8-22(23)24/h6-17H,1-5H3. The van der Waals surface area contributed by atoms with Gasteiger partial charge in [0.15, 0.2) is 11.5 Å².